The van der Waals surface area contributed by atoms with Gasteiger partial charge in [0.05, 0.1) is 0 Å². The van der Waals surface area contributed by atoms with Crippen molar-refractivity contribution < 1.29 is 9.59 Å². The molecule has 0 saturated heterocycles. The Morgan fingerprint density at radius 3 is 2.24 bits per heavy atom. The van der Waals surface area contributed by atoms with Crippen LogP contribution in [0.1, 0.15) is 31.9 Å². The lowest BCUT2D eigenvalue weighted by Gasteiger charge is -2.13. The second kappa shape index (κ2) is 9.02. The van der Waals surface area contributed by atoms with E-state index in [1.54, 1.807) is 0 Å². The van der Waals surface area contributed by atoms with Crippen LogP contribution in [0.15, 0.2) is 54.6 Å². The fourth-order valence-electron chi connectivity index (χ4n) is 2.49. The van der Waals surface area contributed by atoms with Gasteiger partial charge in [0, 0.05) is 24.1 Å². The van der Waals surface area contributed by atoms with Crippen molar-refractivity contribution >= 4 is 17.5 Å². The molecule has 0 aliphatic heterocycles. The van der Waals surface area contributed by atoms with Crippen molar-refractivity contribution in [3.05, 3.63) is 65.7 Å². The van der Waals surface area contributed by atoms with Crippen LogP contribution in [0.5, 0.6) is 0 Å². The van der Waals surface area contributed by atoms with Gasteiger partial charge in [-0.15, -0.1) is 0 Å². The van der Waals surface area contributed by atoms with E-state index < -0.39 is 0 Å². The number of hydrogen-bond donors (Lipinski definition) is 2. The van der Waals surface area contributed by atoms with Gasteiger partial charge in [0.1, 0.15) is 0 Å². The van der Waals surface area contributed by atoms with Gasteiger partial charge < -0.3 is 10.6 Å². The summed E-state index contributed by atoms with van der Waals surface area (Å²) < 4.78 is 0. The number of benzene rings is 2. The van der Waals surface area contributed by atoms with Crippen LogP contribution in [0, 0.1) is 11.8 Å². The molecule has 4 nitrogen and oxygen atoms in total. The molecular formula is C21H26N2O2. The average molecular weight is 338 g/mol. The molecule has 1 unspecified atom stereocenters. The number of carbonyl (C=O) groups excluding carboxylic acids is 2. The van der Waals surface area contributed by atoms with Crippen LogP contribution < -0.4 is 10.6 Å². The highest BCUT2D eigenvalue weighted by molar-refractivity contribution is 5.92. The molecule has 0 bridgehead atoms. The Hall–Kier alpha value is -2.62. The van der Waals surface area contributed by atoms with Crippen LogP contribution in [-0.4, -0.2) is 11.8 Å². The van der Waals surface area contributed by atoms with Crippen LogP contribution in [0.25, 0.3) is 0 Å². The number of amides is 2. The Morgan fingerprint density at radius 2 is 1.56 bits per heavy atom. The standard InChI is InChI=1S/C21H26N2O2/c1-15(2)20(24)22-14-18-9-7-8-17(13-18)12-16(3)21(25)23-19-10-5-4-6-11-19/h4-11,13,15-16H,12,14H2,1-3H3,(H,22,24)(H,23,25). The van der Waals surface area contributed by atoms with E-state index in [1.807, 2.05) is 75.4 Å². The van der Waals surface area contributed by atoms with E-state index in [9.17, 15) is 9.59 Å². The molecule has 2 aromatic carbocycles. The molecule has 2 amide bonds. The Morgan fingerprint density at radius 1 is 0.880 bits per heavy atom. The van der Waals surface area contributed by atoms with E-state index in [0.29, 0.717) is 13.0 Å². The summed E-state index contributed by atoms with van der Waals surface area (Å²) >= 11 is 0. The highest BCUT2D eigenvalue weighted by atomic mass is 16.2. The number of rotatable bonds is 7. The number of para-hydroxylation sites is 1. The lowest BCUT2D eigenvalue weighted by Crippen LogP contribution is -2.27. The van der Waals surface area contributed by atoms with E-state index in [1.165, 1.54) is 0 Å². The first-order valence-corrected chi connectivity index (χ1v) is 8.67. The molecule has 2 N–H and O–H groups in total. The smallest absolute Gasteiger partial charge is 0.227 e. The predicted molar refractivity (Wildman–Crippen MR) is 101 cm³/mol. The summed E-state index contributed by atoms with van der Waals surface area (Å²) in [6.45, 7) is 6.18. The summed E-state index contributed by atoms with van der Waals surface area (Å²) in [5, 5.41) is 5.85. The first-order valence-electron chi connectivity index (χ1n) is 8.67. The van der Waals surface area contributed by atoms with Gasteiger partial charge in [-0.2, -0.15) is 0 Å². The minimum absolute atomic E-state index is 0.00436. The Bertz CT molecular complexity index is 711. The quantitative estimate of drug-likeness (QED) is 0.807. The summed E-state index contributed by atoms with van der Waals surface area (Å²) in [7, 11) is 0. The van der Waals surface area contributed by atoms with Crippen molar-refractivity contribution in [1.29, 1.82) is 0 Å². The normalized spacial score (nSPS) is 11.8. The molecule has 0 saturated carbocycles. The van der Waals surface area contributed by atoms with Gasteiger partial charge in [-0.3, -0.25) is 9.59 Å². The summed E-state index contributed by atoms with van der Waals surface area (Å²) in [5.41, 5.74) is 2.94. The first kappa shape index (κ1) is 18.7. The monoisotopic (exact) mass is 338 g/mol. The van der Waals surface area contributed by atoms with E-state index in [-0.39, 0.29) is 23.7 Å². The Labute approximate surface area is 149 Å². The molecule has 0 radical (unpaired) electrons. The average Bonchev–Trinajstić information content (AvgIpc) is 2.60. The molecule has 0 aromatic heterocycles. The molecule has 0 aliphatic rings. The largest absolute Gasteiger partial charge is 0.352 e. The number of anilines is 1. The van der Waals surface area contributed by atoms with Gasteiger partial charge in [-0.25, -0.2) is 0 Å². The zero-order valence-electron chi connectivity index (χ0n) is 15.1. The van der Waals surface area contributed by atoms with Crippen molar-refractivity contribution in [3.63, 3.8) is 0 Å². The Balaban J connectivity index is 1.92. The van der Waals surface area contributed by atoms with Gasteiger partial charge in [0.25, 0.3) is 0 Å². The zero-order valence-corrected chi connectivity index (χ0v) is 15.1. The van der Waals surface area contributed by atoms with Crippen LogP contribution in [-0.2, 0) is 22.6 Å². The third-order valence-electron chi connectivity index (χ3n) is 4.01. The van der Waals surface area contributed by atoms with E-state index >= 15 is 0 Å². The van der Waals surface area contributed by atoms with Gasteiger partial charge in [-0.1, -0.05) is 63.2 Å². The minimum atomic E-state index is -0.138. The van der Waals surface area contributed by atoms with E-state index in [2.05, 4.69) is 10.6 Å². The molecular weight excluding hydrogens is 312 g/mol. The maximum absolute atomic E-state index is 12.3. The fraction of sp³-hybridized carbons (Fsp3) is 0.333. The molecule has 25 heavy (non-hydrogen) atoms. The maximum atomic E-state index is 12.3. The van der Waals surface area contributed by atoms with Crippen molar-refractivity contribution in [2.75, 3.05) is 5.32 Å². The van der Waals surface area contributed by atoms with Crippen molar-refractivity contribution in [1.82, 2.24) is 5.32 Å². The van der Waals surface area contributed by atoms with Crippen molar-refractivity contribution in [3.8, 4) is 0 Å². The zero-order chi connectivity index (χ0) is 18.2. The minimum Gasteiger partial charge on any atom is -0.352 e. The second-order valence-corrected chi connectivity index (χ2v) is 6.65. The van der Waals surface area contributed by atoms with Crippen LogP contribution in [0.4, 0.5) is 5.69 Å². The second-order valence-electron chi connectivity index (χ2n) is 6.65. The first-order chi connectivity index (χ1) is 12.0. The van der Waals surface area contributed by atoms with E-state index in [0.717, 1.165) is 16.8 Å². The van der Waals surface area contributed by atoms with E-state index in [4.69, 9.17) is 0 Å². The molecule has 1 atom stereocenters. The van der Waals surface area contributed by atoms with Crippen molar-refractivity contribution in [2.45, 2.75) is 33.7 Å². The number of nitrogens with one attached hydrogen (secondary N) is 2. The van der Waals surface area contributed by atoms with Crippen LogP contribution in [0.3, 0.4) is 0 Å². The molecule has 0 fully saturated rings. The molecule has 2 rings (SSSR count). The lowest BCUT2D eigenvalue weighted by molar-refractivity contribution is -0.124. The third kappa shape index (κ3) is 6.07. The third-order valence-corrected chi connectivity index (χ3v) is 4.01. The summed E-state index contributed by atoms with van der Waals surface area (Å²) in [5.74, 6) is -0.115. The van der Waals surface area contributed by atoms with Crippen molar-refractivity contribution in [2.24, 2.45) is 11.8 Å². The molecule has 2 aromatic rings. The highest BCUT2D eigenvalue weighted by Crippen LogP contribution is 2.14. The van der Waals surface area contributed by atoms with Gasteiger partial charge >= 0.3 is 0 Å². The lowest BCUT2D eigenvalue weighted by atomic mass is 9.98. The molecule has 0 spiro atoms. The summed E-state index contributed by atoms with van der Waals surface area (Å²) in [6.07, 6.45) is 0.657. The molecule has 0 aliphatic carbocycles. The summed E-state index contributed by atoms with van der Waals surface area (Å²) in [4.78, 5) is 24.0. The van der Waals surface area contributed by atoms with Gasteiger partial charge in [-0.05, 0) is 29.7 Å². The molecule has 4 heteroatoms. The molecule has 0 heterocycles. The Kier molecular flexibility index (Phi) is 6.75. The topological polar surface area (TPSA) is 58.2 Å². The molecule has 132 valence electrons. The van der Waals surface area contributed by atoms with Crippen LogP contribution in [0.2, 0.25) is 0 Å². The fourth-order valence-corrected chi connectivity index (χ4v) is 2.49. The summed E-state index contributed by atoms with van der Waals surface area (Å²) in [6, 6.07) is 17.5. The maximum Gasteiger partial charge on any atom is 0.227 e. The van der Waals surface area contributed by atoms with Crippen LogP contribution >= 0.6 is 0 Å². The van der Waals surface area contributed by atoms with Gasteiger partial charge in [0.15, 0.2) is 0 Å². The SMILES string of the molecule is CC(C)C(=O)NCc1cccc(CC(C)C(=O)Nc2ccccc2)c1. The predicted octanol–water partition coefficient (Wildman–Crippen LogP) is 3.78. The number of hydrogen-bond acceptors (Lipinski definition) is 2. The highest BCUT2D eigenvalue weighted by Gasteiger charge is 2.14. The van der Waals surface area contributed by atoms with Gasteiger partial charge in [0.2, 0.25) is 11.8 Å². The number of carbonyl (C=O) groups is 2.